The van der Waals surface area contributed by atoms with Crippen LogP contribution < -0.4 is 5.32 Å². The third-order valence-corrected chi connectivity index (χ3v) is 3.67. The maximum absolute atomic E-state index is 12.6. The maximum atomic E-state index is 12.6. The molecule has 4 nitrogen and oxygen atoms in total. The molecule has 0 radical (unpaired) electrons. The van der Waals surface area contributed by atoms with Crippen molar-refractivity contribution in [1.29, 1.82) is 0 Å². The van der Waals surface area contributed by atoms with E-state index in [-0.39, 0.29) is 0 Å². The molecule has 0 fully saturated rings. The molecule has 23 heavy (non-hydrogen) atoms. The number of anilines is 1. The monoisotopic (exact) mass is 345 g/mol. The second-order valence-corrected chi connectivity index (χ2v) is 5.35. The van der Waals surface area contributed by atoms with E-state index in [0.717, 1.165) is 12.1 Å². The Morgan fingerprint density at radius 1 is 1.26 bits per heavy atom. The first-order valence-corrected chi connectivity index (χ1v) is 7.28. The fourth-order valence-corrected chi connectivity index (χ4v) is 2.26. The molecular formula is C15H15ClF3N3O. The average molecular weight is 346 g/mol. The summed E-state index contributed by atoms with van der Waals surface area (Å²) < 4.78 is 37.7. The predicted molar refractivity (Wildman–Crippen MR) is 81.1 cm³/mol. The first kappa shape index (κ1) is 17.5. The van der Waals surface area contributed by atoms with E-state index in [0.29, 0.717) is 22.8 Å². The van der Waals surface area contributed by atoms with Gasteiger partial charge in [0.05, 0.1) is 23.9 Å². The first-order valence-electron chi connectivity index (χ1n) is 6.90. The summed E-state index contributed by atoms with van der Waals surface area (Å²) in [4.78, 5) is 7.74. The minimum atomic E-state index is -4.40. The van der Waals surface area contributed by atoms with Gasteiger partial charge in [-0.25, -0.2) is 9.97 Å². The van der Waals surface area contributed by atoms with E-state index in [2.05, 4.69) is 15.3 Å². The fraction of sp³-hybridized carbons (Fsp3) is 0.333. The van der Waals surface area contributed by atoms with Crippen LogP contribution in [-0.2, 0) is 6.18 Å². The molecule has 2 atom stereocenters. The SMILES string of the molecule is CCC(Nc1ncncc1Cl)C(O)c1ccc(C(F)(F)F)cc1. The minimum Gasteiger partial charge on any atom is -0.386 e. The van der Waals surface area contributed by atoms with Crippen LogP contribution in [0.5, 0.6) is 0 Å². The second-order valence-electron chi connectivity index (χ2n) is 4.94. The summed E-state index contributed by atoms with van der Waals surface area (Å²) in [5, 5.41) is 13.7. The number of benzene rings is 1. The van der Waals surface area contributed by atoms with Crippen LogP contribution in [0.3, 0.4) is 0 Å². The number of hydrogen-bond donors (Lipinski definition) is 2. The van der Waals surface area contributed by atoms with E-state index in [1.165, 1.54) is 24.7 Å². The number of aliphatic hydroxyl groups is 1. The summed E-state index contributed by atoms with van der Waals surface area (Å²) in [5.74, 6) is 0.361. The Bertz CT molecular complexity index is 649. The molecule has 124 valence electrons. The summed E-state index contributed by atoms with van der Waals surface area (Å²) in [6.07, 6.45) is -2.17. The van der Waals surface area contributed by atoms with Gasteiger partial charge in [-0.1, -0.05) is 30.7 Å². The van der Waals surface area contributed by atoms with Gasteiger partial charge in [-0.15, -0.1) is 0 Å². The van der Waals surface area contributed by atoms with Gasteiger partial charge in [0.15, 0.2) is 0 Å². The average Bonchev–Trinajstić information content (AvgIpc) is 2.53. The molecule has 1 aromatic heterocycles. The highest BCUT2D eigenvalue weighted by molar-refractivity contribution is 6.32. The number of aliphatic hydroxyl groups excluding tert-OH is 1. The quantitative estimate of drug-likeness (QED) is 0.857. The topological polar surface area (TPSA) is 58.0 Å². The van der Waals surface area contributed by atoms with Gasteiger partial charge in [0, 0.05) is 0 Å². The molecule has 0 aliphatic carbocycles. The standard InChI is InChI=1S/C15H15ClF3N3O/c1-2-12(22-14-11(16)7-20-8-21-14)13(23)9-3-5-10(6-4-9)15(17,18)19/h3-8,12-13,23H,2H2,1H3,(H,20,21,22). The van der Waals surface area contributed by atoms with Gasteiger partial charge in [-0.05, 0) is 24.1 Å². The third-order valence-electron chi connectivity index (χ3n) is 3.39. The van der Waals surface area contributed by atoms with Gasteiger partial charge in [0.25, 0.3) is 0 Å². The van der Waals surface area contributed by atoms with Gasteiger partial charge >= 0.3 is 6.18 Å². The molecule has 2 unspecified atom stereocenters. The Morgan fingerprint density at radius 3 is 2.43 bits per heavy atom. The summed E-state index contributed by atoms with van der Waals surface area (Å²) in [7, 11) is 0. The van der Waals surface area contributed by atoms with Gasteiger partial charge in [0.1, 0.15) is 17.2 Å². The molecule has 0 aliphatic heterocycles. The molecule has 8 heteroatoms. The smallest absolute Gasteiger partial charge is 0.386 e. The van der Waals surface area contributed by atoms with Crippen molar-refractivity contribution in [2.45, 2.75) is 31.7 Å². The van der Waals surface area contributed by atoms with Crippen molar-refractivity contribution in [3.8, 4) is 0 Å². The third kappa shape index (κ3) is 4.33. The first-order chi connectivity index (χ1) is 10.8. The molecule has 0 amide bonds. The maximum Gasteiger partial charge on any atom is 0.416 e. The number of nitrogens with one attached hydrogen (secondary N) is 1. The number of aromatic nitrogens is 2. The van der Waals surface area contributed by atoms with E-state index in [9.17, 15) is 18.3 Å². The lowest BCUT2D eigenvalue weighted by Gasteiger charge is -2.24. The lowest BCUT2D eigenvalue weighted by Crippen LogP contribution is -2.27. The van der Waals surface area contributed by atoms with Crippen LogP contribution in [0.1, 0.15) is 30.6 Å². The van der Waals surface area contributed by atoms with Crippen LogP contribution in [0.2, 0.25) is 5.02 Å². The van der Waals surface area contributed by atoms with Crippen LogP contribution >= 0.6 is 11.6 Å². The Kier molecular flexibility index (Phi) is 5.43. The summed E-state index contributed by atoms with van der Waals surface area (Å²) in [5.41, 5.74) is -0.379. The summed E-state index contributed by atoms with van der Waals surface area (Å²) in [6, 6.07) is 3.96. The molecule has 2 N–H and O–H groups in total. The van der Waals surface area contributed by atoms with Crippen LogP contribution in [0.4, 0.5) is 19.0 Å². The van der Waals surface area contributed by atoms with Crippen molar-refractivity contribution in [3.63, 3.8) is 0 Å². The fourth-order valence-electron chi connectivity index (χ4n) is 2.10. The largest absolute Gasteiger partial charge is 0.416 e. The van der Waals surface area contributed by atoms with Crippen LogP contribution in [0.25, 0.3) is 0 Å². The Hall–Kier alpha value is -1.86. The molecule has 0 saturated heterocycles. The van der Waals surface area contributed by atoms with E-state index in [4.69, 9.17) is 11.6 Å². The highest BCUT2D eigenvalue weighted by Gasteiger charge is 2.30. The zero-order valence-corrected chi connectivity index (χ0v) is 12.9. The van der Waals surface area contributed by atoms with Gasteiger partial charge in [0.2, 0.25) is 0 Å². The summed E-state index contributed by atoms with van der Waals surface area (Å²) >= 11 is 5.95. The predicted octanol–water partition coefficient (Wildman–Crippen LogP) is 4.07. The Morgan fingerprint density at radius 2 is 1.91 bits per heavy atom. The van der Waals surface area contributed by atoms with Gasteiger partial charge in [-0.2, -0.15) is 13.2 Å². The Balaban J connectivity index is 2.16. The second kappa shape index (κ2) is 7.14. The van der Waals surface area contributed by atoms with Crippen molar-refractivity contribution in [1.82, 2.24) is 9.97 Å². The minimum absolute atomic E-state index is 0.297. The van der Waals surface area contributed by atoms with E-state index >= 15 is 0 Å². The molecule has 0 saturated carbocycles. The molecule has 0 spiro atoms. The van der Waals surface area contributed by atoms with Crippen molar-refractivity contribution >= 4 is 17.4 Å². The number of hydrogen-bond acceptors (Lipinski definition) is 4. The molecule has 2 rings (SSSR count). The zero-order chi connectivity index (χ0) is 17.0. The number of rotatable bonds is 5. The van der Waals surface area contributed by atoms with Crippen LogP contribution in [-0.4, -0.2) is 21.1 Å². The highest BCUT2D eigenvalue weighted by Crippen LogP contribution is 2.31. The number of nitrogens with zero attached hydrogens (tertiary/aromatic N) is 2. The molecule has 1 heterocycles. The van der Waals surface area contributed by atoms with E-state index < -0.39 is 23.9 Å². The van der Waals surface area contributed by atoms with E-state index in [1.54, 1.807) is 0 Å². The molecule has 0 aliphatic rings. The lowest BCUT2D eigenvalue weighted by molar-refractivity contribution is -0.137. The molecule has 0 bridgehead atoms. The molecular weight excluding hydrogens is 331 g/mol. The Labute approximate surface area is 136 Å². The van der Waals surface area contributed by atoms with E-state index in [1.807, 2.05) is 6.92 Å². The normalized spacial score (nSPS) is 14.3. The van der Waals surface area contributed by atoms with Crippen molar-refractivity contribution < 1.29 is 18.3 Å². The van der Waals surface area contributed by atoms with Crippen LogP contribution in [0.15, 0.2) is 36.8 Å². The van der Waals surface area contributed by atoms with Crippen molar-refractivity contribution in [2.24, 2.45) is 0 Å². The van der Waals surface area contributed by atoms with Crippen molar-refractivity contribution in [2.75, 3.05) is 5.32 Å². The highest BCUT2D eigenvalue weighted by atomic mass is 35.5. The zero-order valence-electron chi connectivity index (χ0n) is 12.2. The van der Waals surface area contributed by atoms with Gasteiger partial charge < -0.3 is 10.4 Å². The van der Waals surface area contributed by atoms with Gasteiger partial charge in [-0.3, -0.25) is 0 Å². The number of alkyl halides is 3. The summed E-state index contributed by atoms with van der Waals surface area (Å²) in [6.45, 7) is 1.83. The lowest BCUT2D eigenvalue weighted by atomic mass is 9.99. The molecule has 1 aromatic carbocycles. The molecule has 2 aromatic rings. The van der Waals surface area contributed by atoms with Crippen molar-refractivity contribution in [3.05, 3.63) is 52.9 Å². The number of halogens is 4. The van der Waals surface area contributed by atoms with Crippen LogP contribution in [0, 0.1) is 0 Å².